The largest absolute Gasteiger partial charge is 0.301 e. The molecule has 0 spiro atoms. The number of rotatable bonds is 3. The number of benzene rings is 1. The molecule has 0 saturated carbocycles. The Morgan fingerprint density at radius 2 is 2.06 bits per heavy atom. The topological polar surface area (TPSA) is 3.24 Å². The molecule has 2 rings (SSSR count). The van der Waals surface area contributed by atoms with Gasteiger partial charge in [0.2, 0.25) is 0 Å². The van der Waals surface area contributed by atoms with Crippen LogP contribution < -0.4 is 0 Å². The Kier molecular flexibility index (Phi) is 4.04. The van der Waals surface area contributed by atoms with Gasteiger partial charge in [0.15, 0.2) is 0 Å². The SMILES string of the molecule is CCN(CC)C1CCc2cccc(Br)c2C1. The Bertz CT molecular complexity index is 358. The molecule has 2 heteroatoms. The van der Waals surface area contributed by atoms with E-state index in [1.54, 1.807) is 0 Å². The molecule has 1 unspecified atom stereocenters. The summed E-state index contributed by atoms with van der Waals surface area (Å²) in [6.45, 7) is 6.86. The Balaban J connectivity index is 2.19. The highest BCUT2D eigenvalue weighted by molar-refractivity contribution is 9.10. The van der Waals surface area contributed by atoms with Crippen molar-refractivity contribution in [3.63, 3.8) is 0 Å². The predicted octanol–water partition coefficient (Wildman–Crippen LogP) is 3.65. The van der Waals surface area contributed by atoms with Gasteiger partial charge in [0.1, 0.15) is 0 Å². The van der Waals surface area contributed by atoms with E-state index in [4.69, 9.17) is 0 Å². The van der Waals surface area contributed by atoms with Crippen LogP contribution in [-0.2, 0) is 12.8 Å². The molecule has 1 aromatic rings. The molecule has 0 N–H and O–H groups in total. The Labute approximate surface area is 107 Å². The van der Waals surface area contributed by atoms with Gasteiger partial charge in [-0.25, -0.2) is 0 Å². The first-order chi connectivity index (χ1) is 7.76. The second kappa shape index (κ2) is 5.33. The van der Waals surface area contributed by atoms with E-state index in [0.29, 0.717) is 0 Å². The smallest absolute Gasteiger partial charge is 0.0210 e. The molecule has 0 aliphatic heterocycles. The van der Waals surface area contributed by atoms with Gasteiger partial charge in [0, 0.05) is 10.5 Å². The van der Waals surface area contributed by atoms with E-state index < -0.39 is 0 Å². The Morgan fingerprint density at radius 1 is 1.31 bits per heavy atom. The monoisotopic (exact) mass is 281 g/mol. The number of halogens is 1. The van der Waals surface area contributed by atoms with Crippen molar-refractivity contribution in [3.05, 3.63) is 33.8 Å². The maximum Gasteiger partial charge on any atom is 0.0210 e. The van der Waals surface area contributed by atoms with Gasteiger partial charge in [-0.1, -0.05) is 41.9 Å². The first-order valence-electron chi connectivity index (χ1n) is 6.26. The number of fused-ring (bicyclic) bond motifs is 1. The molecule has 0 heterocycles. The van der Waals surface area contributed by atoms with Gasteiger partial charge >= 0.3 is 0 Å². The molecule has 88 valence electrons. The van der Waals surface area contributed by atoms with E-state index in [2.05, 4.69) is 52.9 Å². The molecule has 0 fully saturated rings. The minimum Gasteiger partial charge on any atom is -0.301 e. The lowest BCUT2D eigenvalue weighted by atomic mass is 9.87. The van der Waals surface area contributed by atoms with Crippen molar-refractivity contribution in [2.45, 2.75) is 39.2 Å². The van der Waals surface area contributed by atoms with Crippen molar-refractivity contribution in [1.29, 1.82) is 0 Å². The van der Waals surface area contributed by atoms with E-state index in [-0.39, 0.29) is 0 Å². The molecule has 0 aromatic heterocycles. The Morgan fingerprint density at radius 3 is 2.75 bits per heavy atom. The quantitative estimate of drug-likeness (QED) is 0.818. The van der Waals surface area contributed by atoms with Gasteiger partial charge in [0.25, 0.3) is 0 Å². The lowest BCUT2D eigenvalue weighted by molar-refractivity contribution is 0.198. The van der Waals surface area contributed by atoms with Crippen molar-refractivity contribution in [3.8, 4) is 0 Å². The summed E-state index contributed by atoms with van der Waals surface area (Å²) in [5.41, 5.74) is 3.07. The van der Waals surface area contributed by atoms with Gasteiger partial charge in [-0.3, -0.25) is 0 Å². The number of nitrogens with zero attached hydrogens (tertiary/aromatic N) is 1. The third-order valence-electron chi connectivity index (χ3n) is 3.73. The molecular weight excluding hydrogens is 262 g/mol. The maximum absolute atomic E-state index is 3.68. The van der Waals surface area contributed by atoms with Crippen LogP contribution in [0.15, 0.2) is 22.7 Å². The number of likely N-dealkylation sites (N-methyl/N-ethyl adjacent to an activating group) is 1. The lowest BCUT2D eigenvalue weighted by Crippen LogP contribution is -2.39. The van der Waals surface area contributed by atoms with Crippen LogP contribution in [0.1, 0.15) is 31.4 Å². The minimum absolute atomic E-state index is 0.737. The van der Waals surface area contributed by atoms with Crippen molar-refractivity contribution >= 4 is 15.9 Å². The average molecular weight is 282 g/mol. The Hall–Kier alpha value is -0.340. The van der Waals surface area contributed by atoms with E-state index in [1.165, 1.54) is 48.0 Å². The molecular formula is C14H20BrN. The summed E-state index contributed by atoms with van der Waals surface area (Å²) in [5.74, 6) is 0. The highest BCUT2D eigenvalue weighted by Gasteiger charge is 2.23. The molecule has 1 atom stereocenters. The first kappa shape index (κ1) is 12.1. The fourth-order valence-corrected chi connectivity index (χ4v) is 3.35. The van der Waals surface area contributed by atoms with Gasteiger partial charge in [-0.15, -0.1) is 0 Å². The van der Waals surface area contributed by atoms with Gasteiger partial charge in [-0.05, 0) is 49.5 Å². The van der Waals surface area contributed by atoms with Crippen LogP contribution in [0.2, 0.25) is 0 Å². The third kappa shape index (κ3) is 2.33. The second-order valence-electron chi connectivity index (χ2n) is 4.50. The van der Waals surface area contributed by atoms with E-state index in [9.17, 15) is 0 Å². The maximum atomic E-state index is 3.68. The fourth-order valence-electron chi connectivity index (χ4n) is 2.78. The molecule has 0 bridgehead atoms. The van der Waals surface area contributed by atoms with E-state index in [0.717, 1.165) is 6.04 Å². The molecule has 1 aliphatic rings. The van der Waals surface area contributed by atoms with Crippen molar-refractivity contribution in [1.82, 2.24) is 4.90 Å². The summed E-state index contributed by atoms with van der Waals surface area (Å²) in [5, 5.41) is 0. The van der Waals surface area contributed by atoms with Crippen LogP contribution in [-0.4, -0.2) is 24.0 Å². The molecule has 1 aliphatic carbocycles. The third-order valence-corrected chi connectivity index (χ3v) is 4.47. The lowest BCUT2D eigenvalue weighted by Gasteiger charge is -2.34. The zero-order valence-electron chi connectivity index (χ0n) is 10.2. The summed E-state index contributed by atoms with van der Waals surface area (Å²) in [7, 11) is 0. The first-order valence-corrected chi connectivity index (χ1v) is 7.05. The standard InChI is InChI=1S/C14H20BrN/c1-3-16(4-2)12-9-8-11-6-5-7-14(15)13(11)10-12/h5-7,12H,3-4,8-10H2,1-2H3. The zero-order chi connectivity index (χ0) is 11.5. The number of hydrogen-bond acceptors (Lipinski definition) is 1. The minimum atomic E-state index is 0.737. The van der Waals surface area contributed by atoms with Crippen LogP contribution in [0.25, 0.3) is 0 Å². The predicted molar refractivity (Wildman–Crippen MR) is 72.9 cm³/mol. The van der Waals surface area contributed by atoms with E-state index >= 15 is 0 Å². The fraction of sp³-hybridized carbons (Fsp3) is 0.571. The van der Waals surface area contributed by atoms with Crippen LogP contribution >= 0.6 is 15.9 Å². The average Bonchev–Trinajstić information content (AvgIpc) is 2.32. The van der Waals surface area contributed by atoms with Crippen LogP contribution in [0.5, 0.6) is 0 Å². The zero-order valence-corrected chi connectivity index (χ0v) is 11.8. The summed E-state index contributed by atoms with van der Waals surface area (Å²) in [6.07, 6.45) is 3.75. The molecule has 16 heavy (non-hydrogen) atoms. The highest BCUT2D eigenvalue weighted by Crippen LogP contribution is 2.29. The molecule has 1 aromatic carbocycles. The molecule has 1 nitrogen and oxygen atoms in total. The van der Waals surface area contributed by atoms with Crippen LogP contribution in [0, 0.1) is 0 Å². The second-order valence-corrected chi connectivity index (χ2v) is 5.35. The molecule has 0 saturated heterocycles. The number of aryl methyl sites for hydroxylation is 1. The molecule has 0 amide bonds. The van der Waals surface area contributed by atoms with Crippen molar-refractivity contribution in [2.24, 2.45) is 0 Å². The van der Waals surface area contributed by atoms with Crippen molar-refractivity contribution in [2.75, 3.05) is 13.1 Å². The summed E-state index contributed by atoms with van der Waals surface area (Å²) >= 11 is 3.68. The summed E-state index contributed by atoms with van der Waals surface area (Å²) in [6, 6.07) is 7.34. The summed E-state index contributed by atoms with van der Waals surface area (Å²) < 4.78 is 1.29. The van der Waals surface area contributed by atoms with Gasteiger partial charge in [-0.2, -0.15) is 0 Å². The normalized spacial score (nSPS) is 19.9. The van der Waals surface area contributed by atoms with E-state index in [1.807, 2.05) is 0 Å². The number of hydrogen-bond donors (Lipinski definition) is 0. The summed E-state index contributed by atoms with van der Waals surface area (Å²) in [4.78, 5) is 2.59. The van der Waals surface area contributed by atoms with Gasteiger partial charge in [0.05, 0.1) is 0 Å². The molecule has 0 radical (unpaired) electrons. The van der Waals surface area contributed by atoms with Crippen molar-refractivity contribution < 1.29 is 0 Å². The van der Waals surface area contributed by atoms with Crippen LogP contribution in [0.4, 0.5) is 0 Å². The van der Waals surface area contributed by atoms with Gasteiger partial charge < -0.3 is 4.90 Å². The highest BCUT2D eigenvalue weighted by atomic mass is 79.9. The van der Waals surface area contributed by atoms with Crippen LogP contribution in [0.3, 0.4) is 0 Å².